The van der Waals surface area contributed by atoms with Crippen molar-refractivity contribution in [3.8, 4) is 18.0 Å². The maximum Gasteiger partial charge on any atom is 0.246 e. The highest BCUT2D eigenvalue weighted by Gasteiger charge is 2.35. The van der Waals surface area contributed by atoms with E-state index in [-0.39, 0.29) is 24.5 Å². The van der Waals surface area contributed by atoms with Gasteiger partial charge < -0.3 is 29.1 Å². The average Bonchev–Trinajstić information content (AvgIpc) is 3.57. The Bertz CT molecular complexity index is 1720. The molecule has 3 aromatic rings. The number of amides is 1. The number of carbonyl (C=O) groups is 1. The SMILES string of the molecule is C=CC(=O)N1CCN(c2c(C#N)c(OCCCN3CCC(OC)C3)nc3c2CCN(c2cccc4cccc(C)c24)C3)CC1CC#N. The van der Waals surface area contributed by atoms with E-state index in [0.29, 0.717) is 50.7 Å². The van der Waals surface area contributed by atoms with Crippen LogP contribution in [-0.2, 0) is 22.5 Å². The molecule has 2 saturated heterocycles. The Kier molecular flexibility index (Phi) is 9.91. The number of aromatic nitrogens is 1. The smallest absolute Gasteiger partial charge is 0.246 e. The fourth-order valence-electron chi connectivity index (χ4n) is 7.46. The second-order valence-corrected chi connectivity index (χ2v) is 12.6. The van der Waals surface area contributed by atoms with Gasteiger partial charge in [-0.25, -0.2) is 4.98 Å². The summed E-state index contributed by atoms with van der Waals surface area (Å²) in [5.41, 5.74) is 5.60. The van der Waals surface area contributed by atoms with Crippen LogP contribution in [0.2, 0.25) is 0 Å². The summed E-state index contributed by atoms with van der Waals surface area (Å²) >= 11 is 0. The van der Waals surface area contributed by atoms with Crippen LogP contribution in [0.3, 0.4) is 0 Å². The van der Waals surface area contributed by atoms with Gasteiger partial charge in [0.2, 0.25) is 11.8 Å². The molecule has 0 saturated carbocycles. The zero-order valence-electron chi connectivity index (χ0n) is 27.5. The van der Waals surface area contributed by atoms with E-state index in [1.165, 1.54) is 28.1 Å². The lowest BCUT2D eigenvalue weighted by atomic mass is 9.95. The summed E-state index contributed by atoms with van der Waals surface area (Å²) in [6, 6.07) is 17.2. The molecule has 0 N–H and O–H groups in total. The fraction of sp³-hybridized carbons (Fsp3) is 0.459. The number of hydrogen-bond acceptors (Lipinski definition) is 9. The van der Waals surface area contributed by atoms with E-state index in [1.54, 1.807) is 12.0 Å². The molecule has 2 fully saturated rings. The number of pyridine rings is 1. The number of anilines is 2. The molecule has 3 aliphatic rings. The van der Waals surface area contributed by atoms with E-state index in [0.717, 1.165) is 56.0 Å². The van der Waals surface area contributed by atoms with E-state index < -0.39 is 0 Å². The predicted molar refractivity (Wildman–Crippen MR) is 182 cm³/mol. The van der Waals surface area contributed by atoms with Crippen molar-refractivity contribution >= 4 is 28.1 Å². The minimum Gasteiger partial charge on any atom is -0.477 e. The standard InChI is InChI=1S/C37H43N7O3/c1-4-34(45)44-20-19-43(23-28(44)12-15-38)36-30-14-18-42(33-11-6-10-27-9-5-8-26(2)35(27)33)25-32(30)40-37(31(36)22-39)47-21-7-16-41-17-13-29(24-41)46-3/h4-6,8-11,28-29H,1,7,12-14,16-21,23-25H2,2-3H3. The first kappa shape index (κ1) is 32.3. The molecule has 0 radical (unpaired) electrons. The molecule has 47 heavy (non-hydrogen) atoms. The maximum absolute atomic E-state index is 12.7. The third-order valence-corrected chi connectivity index (χ3v) is 9.84. The van der Waals surface area contributed by atoms with E-state index in [2.05, 4.69) is 76.7 Å². The molecule has 0 aliphatic carbocycles. The minimum absolute atomic E-state index is 0.179. The van der Waals surface area contributed by atoms with Gasteiger partial charge in [-0.15, -0.1) is 0 Å². The number of benzene rings is 2. The van der Waals surface area contributed by atoms with E-state index >= 15 is 0 Å². The molecular weight excluding hydrogens is 590 g/mol. The number of fused-ring (bicyclic) bond motifs is 2. The van der Waals surface area contributed by atoms with Crippen LogP contribution < -0.4 is 14.5 Å². The first-order valence-electron chi connectivity index (χ1n) is 16.6. The highest BCUT2D eigenvalue weighted by molar-refractivity contribution is 5.97. The van der Waals surface area contributed by atoms with Gasteiger partial charge in [-0.3, -0.25) is 4.79 Å². The molecule has 4 heterocycles. The Morgan fingerprint density at radius 3 is 2.68 bits per heavy atom. The quantitative estimate of drug-likeness (QED) is 0.234. The third kappa shape index (κ3) is 6.62. The molecule has 6 rings (SSSR count). The van der Waals surface area contributed by atoms with Crippen LogP contribution in [0.15, 0.2) is 49.1 Å². The predicted octanol–water partition coefficient (Wildman–Crippen LogP) is 4.58. The van der Waals surface area contributed by atoms with Gasteiger partial charge >= 0.3 is 0 Å². The first-order valence-corrected chi connectivity index (χ1v) is 16.6. The maximum atomic E-state index is 12.7. The van der Waals surface area contributed by atoms with Crippen molar-refractivity contribution in [2.24, 2.45) is 0 Å². The topological polar surface area (TPSA) is 109 Å². The van der Waals surface area contributed by atoms with Gasteiger partial charge in [0.25, 0.3) is 0 Å². The average molecular weight is 634 g/mol. The lowest BCUT2D eigenvalue weighted by molar-refractivity contribution is -0.128. The van der Waals surface area contributed by atoms with Crippen LogP contribution in [0.4, 0.5) is 11.4 Å². The molecule has 10 nitrogen and oxygen atoms in total. The fourth-order valence-corrected chi connectivity index (χ4v) is 7.46. The lowest BCUT2D eigenvalue weighted by Gasteiger charge is -2.43. The summed E-state index contributed by atoms with van der Waals surface area (Å²) in [6.45, 7) is 11.9. The van der Waals surface area contributed by atoms with Crippen molar-refractivity contribution in [3.63, 3.8) is 0 Å². The first-order chi connectivity index (χ1) is 22.9. The molecule has 2 aromatic carbocycles. The van der Waals surface area contributed by atoms with Gasteiger partial charge in [0.05, 0.1) is 49.2 Å². The van der Waals surface area contributed by atoms with Gasteiger partial charge in [0.1, 0.15) is 11.6 Å². The van der Waals surface area contributed by atoms with E-state index in [1.807, 2.05) is 0 Å². The normalized spacial score (nSPS) is 19.7. The van der Waals surface area contributed by atoms with Crippen molar-refractivity contribution in [1.82, 2.24) is 14.8 Å². The number of aryl methyl sites for hydroxylation is 1. The van der Waals surface area contributed by atoms with Crippen molar-refractivity contribution in [2.45, 2.75) is 51.3 Å². The van der Waals surface area contributed by atoms with Crippen LogP contribution in [0, 0.1) is 29.6 Å². The van der Waals surface area contributed by atoms with Gasteiger partial charge in [-0.05, 0) is 49.3 Å². The Balaban J connectivity index is 1.33. The van der Waals surface area contributed by atoms with Crippen molar-refractivity contribution in [2.75, 3.05) is 69.3 Å². The van der Waals surface area contributed by atoms with Crippen molar-refractivity contribution in [3.05, 3.63) is 71.4 Å². The third-order valence-electron chi connectivity index (χ3n) is 9.84. The molecule has 0 bridgehead atoms. The van der Waals surface area contributed by atoms with Crippen LogP contribution >= 0.6 is 0 Å². The number of hydrogen-bond donors (Lipinski definition) is 0. The van der Waals surface area contributed by atoms with E-state index in [4.69, 9.17) is 14.5 Å². The summed E-state index contributed by atoms with van der Waals surface area (Å²) in [5.74, 6) is 0.178. The second-order valence-electron chi connectivity index (χ2n) is 12.6. The number of nitriles is 2. The largest absolute Gasteiger partial charge is 0.477 e. The minimum atomic E-state index is -0.311. The number of piperazine rings is 1. The molecule has 3 aliphatic heterocycles. The molecular formula is C37H43N7O3. The van der Waals surface area contributed by atoms with E-state index in [9.17, 15) is 15.3 Å². The number of methoxy groups -OCH3 is 1. The zero-order valence-corrected chi connectivity index (χ0v) is 27.5. The van der Waals surface area contributed by atoms with Crippen molar-refractivity contribution < 1.29 is 14.3 Å². The number of ether oxygens (including phenoxy) is 2. The van der Waals surface area contributed by atoms with Gasteiger partial charge in [0.15, 0.2) is 0 Å². The summed E-state index contributed by atoms with van der Waals surface area (Å²) in [5, 5.41) is 22.6. The summed E-state index contributed by atoms with van der Waals surface area (Å²) in [7, 11) is 1.77. The number of likely N-dealkylation sites (tertiary alicyclic amines) is 1. The molecule has 1 aromatic heterocycles. The monoisotopic (exact) mass is 633 g/mol. The molecule has 2 unspecified atom stereocenters. The molecule has 0 spiro atoms. The van der Waals surface area contributed by atoms with Crippen molar-refractivity contribution in [1.29, 1.82) is 10.5 Å². The van der Waals surface area contributed by atoms with Gasteiger partial charge in [-0.1, -0.05) is 36.9 Å². The Morgan fingerprint density at radius 2 is 1.94 bits per heavy atom. The lowest BCUT2D eigenvalue weighted by Crippen LogP contribution is -2.55. The van der Waals surface area contributed by atoms with Crippen LogP contribution in [-0.4, -0.2) is 92.4 Å². The highest BCUT2D eigenvalue weighted by Crippen LogP contribution is 2.40. The highest BCUT2D eigenvalue weighted by atomic mass is 16.5. The van der Waals surface area contributed by atoms with Gasteiger partial charge in [0, 0.05) is 69.6 Å². The van der Waals surface area contributed by atoms with Gasteiger partial charge in [-0.2, -0.15) is 10.5 Å². The Morgan fingerprint density at radius 1 is 1.11 bits per heavy atom. The van der Waals surface area contributed by atoms with Crippen LogP contribution in [0.1, 0.15) is 41.6 Å². The van der Waals surface area contributed by atoms with Crippen LogP contribution in [0.5, 0.6) is 5.88 Å². The molecule has 2 atom stereocenters. The summed E-state index contributed by atoms with van der Waals surface area (Å²) in [4.78, 5) is 26.4. The summed E-state index contributed by atoms with van der Waals surface area (Å²) < 4.78 is 11.9. The molecule has 1 amide bonds. The number of carbonyl (C=O) groups excluding carboxylic acids is 1. The number of nitrogens with zero attached hydrogens (tertiary/aromatic N) is 7. The van der Waals surface area contributed by atoms with Crippen LogP contribution in [0.25, 0.3) is 10.8 Å². The Hall–Kier alpha value is -4.64. The molecule has 10 heteroatoms. The number of rotatable bonds is 10. The second kappa shape index (κ2) is 14.4. The summed E-state index contributed by atoms with van der Waals surface area (Å²) in [6.07, 6.45) is 4.34. The zero-order chi connectivity index (χ0) is 32.9. The molecule has 244 valence electrons. The Labute approximate surface area is 277 Å².